The van der Waals surface area contributed by atoms with Crippen LogP contribution in [0, 0.1) is 0 Å². The van der Waals surface area contributed by atoms with Crippen LogP contribution in [-0.4, -0.2) is 17.3 Å². The van der Waals surface area contributed by atoms with Crippen molar-refractivity contribution < 1.29 is 14.3 Å². The van der Waals surface area contributed by atoms with E-state index in [2.05, 4.69) is 22.8 Å². The van der Waals surface area contributed by atoms with E-state index in [1.54, 1.807) is 6.92 Å². The molecular weight excluding hydrogens is 408 g/mol. The van der Waals surface area contributed by atoms with Gasteiger partial charge in [-0.3, -0.25) is 0 Å². The highest BCUT2D eigenvalue weighted by Gasteiger charge is 2.32. The van der Waals surface area contributed by atoms with Crippen LogP contribution in [0.5, 0.6) is 0 Å². The van der Waals surface area contributed by atoms with Gasteiger partial charge in [0.05, 0.1) is 11.6 Å². The van der Waals surface area contributed by atoms with Gasteiger partial charge in [0.2, 0.25) is 0 Å². The first-order valence-electron chi connectivity index (χ1n) is 10.9. The zero-order chi connectivity index (χ0) is 21.6. The predicted octanol–water partition coefficient (Wildman–Crippen LogP) is 5.48. The Morgan fingerprint density at radius 1 is 1.03 bits per heavy atom. The maximum atomic E-state index is 12.9. The molecule has 0 radical (unpaired) electrons. The summed E-state index contributed by atoms with van der Waals surface area (Å²) in [6.45, 7) is 1.92. The lowest BCUT2D eigenvalue weighted by Crippen LogP contribution is -2.45. The van der Waals surface area contributed by atoms with Gasteiger partial charge in [0.1, 0.15) is 6.61 Å². The normalized spacial score (nSPS) is 19.5. The molecule has 0 saturated heterocycles. The molecule has 2 aromatic rings. The molecule has 0 aromatic heterocycles. The minimum atomic E-state index is -0.536. The van der Waals surface area contributed by atoms with E-state index >= 15 is 0 Å². The number of ether oxygens (including phenoxy) is 1. The average molecular weight is 437 g/mol. The van der Waals surface area contributed by atoms with Crippen molar-refractivity contribution >= 4 is 23.8 Å². The van der Waals surface area contributed by atoms with Gasteiger partial charge in [0, 0.05) is 15.8 Å². The van der Waals surface area contributed by atoms with E-state index in [1.807, 2.05) is 54.2 Å². The molecule has 1 atom stereocenters. The first kappa shape index (κ1) is 21.5. The average Bonchev–Trinajstić information content (AvgIpc) is 2.79. The largest absolute Gasteiger partial charge is 0.457 e. The van der Waals surface area contributed by atoms with Crippen LogP contribution in [0.2, 0.25) is 0 Å². The lowest BCUT2D eigenvalue weighted by Gasteiger charge is -2.28. The predicted molar refractivity (Wildman–Crippen MR) is 123 cm³/mol. The summed E-state index contributed by atoms with van der Waals surface area (Å²) >= 11 is 1.93. The molecule has 1 fully saturated rings. The third kappa shape index (κ3) is 5.50. The van der Waals surface area contributed by atoms with Gasteiger partial charge in [0.25, 0.3) is 0 Å². The monoisotopic (exact) mass is 436 g/mol. The third-order valence-corrected chi connectivity index (χ3v) is 7.12. The minimum Gasteiger partial charge on any atom is -0.457 e. The van der Waals surface area contributed by atoms with Crippen molar-refractivity contribution in [3.8, 4) is 0 Å². The van der Waals surface area contributed by atoms with Gasteiger partial charge in [0.15, 0.2) is 0 Å². The molecule has 1 aliphatic heterocycles. The first-order valence-corrected chi connectivity index (χ1v) is 11.7. The molecule has 2 aromatic carbocycles. The summed E-state index contributed by atoms with van der Waals surface area (Å²) in [5.74, 6) is -0.431. The Balaban J connectivity index is 1.48. The zero-order valence-electron chi connectivity index (χ0n) is 17.7. The topological polar surface area (TPSA) is 67.4 Å². The summed E-state index contributed by atoms with van der Waals surface area (Å²) in [5.41, 5.74) is 2.74. The molecule has 2 N–H and O–H groups in total. The second-order valence-corrected chi connectivity index (χ2v) is 9.45. The fraction of sp³-hybridized carbons (Fsp3) is 0.360. The molecule has 31 heavy (non-hydrogen) atoms. The number of urea groups is 1. The summed E-state index contributed by atoms with van der Waals surface area (Å²) in [6.07, 6.45) is 6.53. The van der Waals surface area contributed by atoms with Gasteiger partial charge in [-0.25, -0.2) is 9.59 Å². The molecule has 162 valence electrons. The number of hydrogen-bond acceptors (Lipinski definition) is 4. The number of carbonyl (C=O) groups is 2. The molecule has 0 bridgehead atoms. The summed E-state index contributed by atoms with van der Waals surface area (Å²) in [6, 6.07) is 16.9. The number of allylic oxidation sites excluding steroid dienone is 1. The standard InChI is InChI=1S/C25H28N2O3S/c1-17-22(24(28)30-16-18-8-4-2-5-9-18)23(27-25(29)26-17)19-12-14-21(15-13-19)31-20-10-6-3-7-11-20/h2,4-5,8-9,12-15,20,23H,3,6-7,10-11,16H2,1H3,(H2,26,27,29). The molecule has 2 aliphatic rings. The highest BCUT2D eigenvalue weighted by Crippen LogP contribution is 2.35. The Kier molecular flexibility index (Phi) is 6.97. The molecule has 1 unspecified atom stereocenters. The highest BCUT2D eigenvalue weighted by atomic mass is 32.2. The van der Waals surface area contributed by atoms with E-state index in [0.29, 0.717) is 16.5 Å². The van der Waals surface area contributed by atoms with Crippen molar-refractivity contribution in [2.45, 2.75) is 61.8 Å². The first-order chi connectivity index (χ1) is 15.1. The Bertz CT molecular complexity index is 950. The van der Waals surface area contributed by atoms with Crippen LogP contribution in [0.25, 0.3) is 0 Å². The molecular formula is C25H28N2O3S. The van der Waals surface area contributed by atoms with Crippen LogP contribution in [0.15, 0.2) is 70.8 Å². The third-order valence-electron chi connectivity index (χ3n) is 5.77. The molecule has 1 aliphatic carbocycles. The van der Waals surface area contributed by atoms with Crippen LogP contribution >= 0.6 is 11.8 Å². The van der Waals surface area contributed by atoms with Gasteiger partial charge in [-0.15, -0.1) is 11.8 Å². The number of hydrogen-bond donors (Lipinski definition) is 2. The molecule has 2 amide bonds. The Hall–Kier alpha value is -2.73. The van der Waals surface area contributed by atoms with Gasteiger partial charge in [-0.1, -0.05) is 61.7 Å². The lowest BCUT2D eigenvalue weighted by atomic mass is 9.95. The van der Waals surface area contributed by atoms with E-state index < -0.39 is 12.0 Å². The maximum Gasteiger partial charge on any atom is 0.338 e. The van der Waals surface area contributed by atoms with Crippen molar-refractivity contribution in [1.29, 1.82) is 0 Å². The quantitative estimate of drug-likeness (QED) is 0.588. The second kappa shape index (κ2) is 10.1. The number of nitrogens with one attached hydrogen (secondary N) is 2. The fourth-order valence-electron chi connectivity index (χ4n) is 4.13. The molecule has 5 nitrogen and oxygen atoms in total. The van der Waals surface area contributed by atoms with Crippen molar-refractivity contribution in [1.82, 2.24) is 10.6 Å². The van der Waals surface area contributed by atoms with Gasteiger partial charge < -0.3 is 15.4 Å². The molecule has 0 spiro atoms. The summed E-state index contributed by atoms with van der Waals surface area (Å²) in [7, 11) is 0. The Morgan fingerprint density at radius 3 is 2.45 bits per heavy atom. The van der Waals surface area contributed by atoms with E-state index in [4.69, 9.17) is 4.74 Å². The number of thioether (sulfide) groups is 1. The summed E-state index contributed by atoms with van der Waals surface area (Å²) in [5, 5.41) is 6.26. The van der Waals surface area contributed by atoms with Gasteiger partial charge in [-0.05, 0) is 43.0 Å². The second-order valence-electron chi connectivity index (χ2n) is 8.08. The van der Waals surface area contributed by atoms with Crippen LogP contribution in [0.4, 0.5) is 4.79 Å². The van der Waals surface area contributed by atoms with Crippen molar-refractivity contribution in [2.24, 2.45) is 0 Å². The number of esters is 1. The minimum absolute atomic E-state index is 0.189. The number of amides is 2. The molecule has 4 rings (SSSR count). The van der Waals surface area contributed by atoms with E-state index in [1.165, 1.54) is 37.0 Å². The fourth-order valence-corrected chi connectivity index (χ4v) is 5.38. The smallest absolute Gasteiger partial charge is 0.338 e. The lowest BCUT2D eigenvalue weighted by molar-refractivity contribution is -0.140. The summed E-state index contributed by atoms with van der Waals surface area (Å²) in [4.78, 5) is 26.3. The van der Waals surface area contributed by atoms with Crippen LogP contribution in [-0.2, 0) is 16.1 Å². The zero-order valence-corrected chi connectivity index (χ0v) is 18.5. The SMILES string of the molecule is CC1=C(C(=O)OCc2ccccc2)C(c2ccc(SC3CCCCC3)cc2)NC(=O)N1. The Labute approximate surface area is 187 Å². The number of rotatable bonds is 6. The van der Waals surface area contributed by atoms with Crippen LogP contribution in [0.1, 0.15) is 56.2 Å². The maximum absolute atomic E-state index is 12.9. The van der Waals surface area contributed by atoms with E-state index in [-0.39, 0.29) is 12.6 Å². The van der Waals surface area contributed by atoms with Crippen molar-refractivity contribution in [3.05, 3.63) is 77.0 Å². The van der Waals surface area contributed by atoms with E-state index in [9.17, 15) is 9.59 Å². The van der Waals surface area contributed by atoms with Gasteiger partial charge >= 0.3 is 12.0 Å². The van der Waals surface area contributed by atoms with Crippen molar-refractivity contribution in [2.75, 3.05) is 0 Å². The van der Waals surface area contributed by atoms with Crippen LogP contribution < -0.4 is 10.6 Å². The van der Waals surface area contributed by atoms with Crippen molar-refractivity contribution in [3.63, 3.8) is 0 Å². The van der Waals surface area contributed by atoms with E-state index in [0.717, 1.165) is 11.1 Å². The summed E-state index contributed by atoms with van der Waals surface area (Å²) < 4.78 is 5.56. The Morgan fingerprint density at radius 2 is 1.74 bits per heavy atom. The van der Waals surface area contributed by atoms with Crippen LogP contribution in [0.3, 0.4) is 0 Å². The number of benzene rings is 2. The molecule has 1 saturated carbocycles. The molecule has 1 heterocycles. The number of carbonyl (C=O) groups excluding carboxylic acids is 2. The molecule has 6 heteroatoms. The highest BCUT2D eigenvalue weighted by molar-refractivity contribution is 8.00. The van der Waals surface area contributed by atoms with Gasteiger partial charge in [-0.2, -0.15) is 0 Å².